The Hall–Kier alpha value is -1.82. The molecule has 0 unspecified atom stereocenters. The summed E-state index contributed by atoms with van der Waals surface area (Å²) in [6.07, 6.45) is 1.71. The van der Waals surface area contributed by atoms with E-state index in [9.17, 15) is 4.79 Å². The first-order chi connectivity index (χ1) is 11.0. The zero-order chi connectivity index (χ0) is 16.8. The van der Waals surface area contributed by atoms with Gasteiger partial charge in [0.05, 0.1) is 5.75 Å². The lowest BCUT2D eigenvalue weighted by Gasteiger charge is -2.27. The van der Waals surface area contributed by atoms with E-state index in [1.165, 1.54) is 11.8 Å². The highest BCUT2D eigenvalue weighted by molar-refractivity contribution is 7.99. The average molecular weight is 332 g/mol. The summed E-state index contributed by atoms with van der Waals surface area (Å²) in [5, 5.41) is 8.83. The minimum atomic E-state index is 0.118. The van der Waals surface area contributed by atoms with Crippen molar-refractivity contribution in [1.82, 2.24) is 19.7 Å². The van der Waals surface area contributed by atoms with Gasteiger partial charge in [0.15, 0.2) is 5.16 Å². The first-order valence-electron chi connectivity index (χ1n) is 7.84. The van der Waals surface area contributed by atoms with E-state index in [1.807, 2.05) is 53.6 Å². The van der Waals surface area contributed by atoms with Gasteiger partial charge in [-0.25, -0.2) is 0 Å². The van der Waals surface area contributed by atoms with Crippen molar-refractivity contribution in [3.63, 3.8) is 0 Å². The van der Waals surface area contributed by atoms with Gasteiger partial charge in [-0.15, -0.1) is 10.2 Å². The number of hydrogen-bond donors (Lipinski definition) is 0. The molecule has 0 aliphatic carbocycles. The summed E-state index contributed by atoms with van der Waals surface area (Å²) in [6.45, 7) is 8.87. The largest absolute Gasteiger partial charge is 0.335 e. The summed E-state index contributed by atoms with van der Waals surface area (Å²) in [7, 11) is 0. The molecule has 2 rings (SSSR count). The minimum absolute atomic E-state index is 0.118. The molecule has 0 N–H and O–H groups in total. The van der Waals surface area contributed by atoms with Gasteiger partial charge in [0, 0.05) is 18.6 Å². The summed E-state index contributed by atoms with van der Waals surface area (Å²) in [6, 6.07) is 10.5. The quantitative estimate of drug-likeness (QED) is 0.729. The van der Waals surface area contributed by atoms with Crippen LogP contribution in [0.5, 0.6) is 0 Å². The molecule has 6 heteroatoms. The molecule has 0 saturated carbocycles. The van der Waals surface area contributed by atoms with Crippen molar-refractivity contribution < 1.29 is 4.79 Å². The van der Waals surface area contributed by atoms with Crippen LogP contribution in [0.4, 0.5) is 0 Å². The first-order valence-corrected chi connectivity index (χ1v) is 8.83. The van der Waals surface area contributed by atoms with Crippen LogP contribution in [-0.2, 0) is 11.3 Å². The molecule has 124 valence electrons. The Balaban J connectivity index is 2.00. The Morgan fingerprint density at radius 1 is 1.22 bits per heavy atom. The molecule has 1 heterocycles. The van der Waals surface area contributed by atoms with Gasteiger partial charge in [0.1, 0.15) is 6.33 Å². The number of amides is 1. The number of aromatic nitrogens is 3. The Bertz CT molecular complexity index is 625. The Morgan fingerprint density at radius 2 is 1.91 bits per heavy atom. The van der Waals surface area contributed by atoms with Crippen molar-refractivity contribution in [2.24, 2.45) is 0 Å². The van der Waals surface area contributed by atoms with Crippen molar-refractivity contribution in [2.75, 3.05) is 5.75 Å². The lowest BCUT2D eigenvalue weighted by Crippen LogP contribution is -2.37. The van der Waals surface area contributed by atoms with Crippen molar-refractivity contribution >= 4 is 17.7 Å². The van der Waals surface area contributed by atoms with Crippen LogP contribution in [-0.4, -0.2) is 37.4 Å². The van der Waals surface area contributed by atoms with E-state index in [-0.39, 0.29) is 18.0 Å². The van der Waals surface area contributed by atoms with E-state index in [0.717, 1.165) is 10.7 Å². The molecule has 1 aromatic carbocycles. The number of nitrogens with zero attached hydrogens (tertiary/aromatic N) is 4. The van der Waals surface area contributed by atoms with E-state index in [2.05, 4.69) is 24.0 Å². The van der Waals surface area contributed by atoms with Crippen molar-refractivity contribution in [3.05, 3.63) is 42.2 Å². The van der Waals surface area contributed by atoms with Gasteiger partial charge >= 0.3 is 0 Å². The maximum Gasteiger partial charge on any atom is 0.233 e. The number of carbonyl (C=O) groups excluding carboxylic acids is 1. The maximum absolute atomic E-state index is 12.6. The molecule has 0 aliphatic rings. The van der Waals surface area contributed by atoms with Gasteiger partial charge in [-0.2, -0.15) is 0 Å². The molecule has 5 nitrogen and oxygen atoms in total. The number of benzene rings is 1. The third-order valence-corrected chi connectivity index (χ3v) is 4.50. The van der Waals surface area contributed by atoms with Gasteiger partial charge in [0.25, 0.3) is 0 Å². The zero-order valence-electron chi connectivity index (χ0n) is 14.1. The van der Waals surface area contributed by atoms with Crippen LogP contribution in [0.1, 0.15) is 39.3 Å². The van der Waals surface area contributed by atoms with E-state index >= 15 is 0 Å². The van der Waals surface area contributed by atoms with E-state index in [0.29, 0.717) is 12.3 Å². The molecule has 0 aliphatic heterocycles. The SMILES string of the molecule is CC(C)N(Cc1ccccc1)C(=O)CSc1nncn1C(C)C. The minimum Gasteiger partial charge on any atom is -0.335 e. The topological polar surface area (TPSA) is 51.0 Å². The summed E-state index contributed by atoms with van der Waals surface area (Å²) in [5.74, 6) is 0.489. The summed E-state index contributed by atoms with van der Waals surface area (Å²) in [4.78, 5) is 14.5. The monoisotopic (exact) mass is 332 g/mol. The fourth-order valence-electron chi connectivity index (χ4n) is 2.24. The third-order valence-electron chi connectivity index (χ3n) is 3.56. The second kappa shape index (κ2) is 8.15. The fraction of sp³-hybridized carbons (Fsp3) is 0.471. The molecular weight excluding hydrogens is 308 g/mol. The summed E-state index contributed by atoms with van der Waals surface area (Å²) in [5.41, 5.74) is 1.14. The van der Waals surface area contributed by atoms with Crippen LogP contribution >= 0.6 is 11.8 Å². The predicted octanol–water partition coefficient (Wildman–Crippen LogP) is 3.39. The fourth-order valence-corrected chi connectivity index (χ4v) is 3.17. The number of hydrogen-bond acceptors (Lipinski definition) is 4. The highest BCUT2D eigenvalue weighted by Gasteiger charge is 2.19. The molecule has 0 bridgehead atoms. The highest BCUT2D eigenvalue weighted by atomic mass is 32.2. The molecule has 1 amide bonds. The van der Waals surface area contributed by atoms with Gasteiger partial charge in [-0.3, -0.25) is 4.79 Å². The highest BCUT2D eigenvalue weighted by Crippen LogP contribution is 2.20. The molecule has 23 heavy (non-hydrogen) atoms. The molecule has 2 aromatic rings. The average Bonchev–Trinajstić information content (AvgIpc) is 3.00. The van der Waals surface area contributed by atoms with Gasteiger partial charge < -0.3 is 9.47 Å². The Labute approximate surface area is 142 Å². The zero-order valence-corrected chi connectivity index (χ0v) is 15.0. The molecule has 0 fully saturated rings. The maximum atomic E-state index is 12.6. The third kappa shape index (κ3) is 4.82. The molecule has 0 atom stereocenters. The van der Waals surface area contributed by atoms with Crippen molar-refractivity contribution in [1.29, 1.82) is 0 Å². The van der Waals surface area contributed by atoms with Gasteiger partial charge in [-0.1, -0.05) is 42.1 Å². The van der Waals surface area contributed by atoms with Crippen LogP contribution in [0.25, 0.3) is 0 Å². The molecule has 0 radical (unpaired) electrons. The van der Waals surface area contributed by atoms with Gasteiger partial charge in [-0.05, 0) is 33.3 Å². The summed E-state index contributed by atoms with van der Waals surface area (Å²) >= 11 is 1.44. The lowest BCUT2D eigenvalue weighted by atomic mass is 10.2. The molecular formula is C17H24N4OS. The Morgan fingerprint density at radius 3 is 2.52 bits per heavy atom. The van der Waals surface area contributed by atoms with Crippen LogP contribution in [0, 0.1) is 0 Å². The van der Waals surface area contributed by atoms with Crippen LogP contribution < -0.4 is 0 Å². The smallest absolute Gasteiger partial charge is 0.233 e. The van der Waals surface area contributed by atoms with Crippen LogP contribution in [0.15, 0.2) is 41.8 Å². The second-order valence-corrected chi connectivity index (χ2v) is 6.95. The van der Waals surface area contributed by atoms with E-state index in [4.69, 9.17) is 0 Å². The van der Waals surface area contributed by atoms with Crippen molar-refractivity contribution in [3.8, 4) is 0 Å². The van der Waals surface area contributed by atoms with E-state index in [1.54, 1.807) is 6.33 Å². The molecule has 0 spiro atoms. The van der Waals surface area contributed by atoms with E-state index < -0.39 is 0 Å². The lowest BCUT2D eigenvalue weighted by molar-refractivity contribution is -0.130. The van der Waals surface area contributed by atoms with Crippen LogP contribution in [0.3, 0.4) is 0 Å². The normalized spacial score (nSPS) is 11.2. The molecule has 1 aromatic heterocycles. The standard InChI is InChI=1S/C17H24N4OS/c1-13(2)20(10-15-8-6-5-7-9-15)16(22)11-23-17-19-18-12-21(17)14(3)4/h5-9,12-14H,10-11H2,1-4H3. The second-order valence-electron chi connectivity index (χ2n) is 6.00. The number of thioether (sulfide) groups is 1. The number of carbonyl (C=O) groups is 1. The number of rotatable bonds is 7. The Kier molecular flexibility index (Phi) is 6.21. The van der Waals surface area contributed by atoms with Crippen LogP contribution in [0.2, 0.25) is 0 Å². The summed E-state index contributed by atoms with van der Waals surface area (Å²) < 4.78 is 1.98. The molecule has 0 saturated heterocycles. The first kappa shape index (κ1) is 17.5. The van der Waals surface area contributed by atoms with Gasteiger partial charge in [0.2, 0.25) is 5.91 Å². The van der Waals surface area contributed by atoms with Crippen molar-refractivity contribution in [2.45, 2.75) is 51.5 Å². The predicted molar refractivity (Wildman–Crippen MR) is 93.3 cm³/mol.